The Balaban J connectivity index is 0. The highest BCUT2D eigenvalue weighted by Crippen LogP contribution is 2.23. The quantitative estimate of drug-likeness (QED) is 0.730. The number of ketones is 1. The van der Waals surface area contributed by atoms with E-state index in [0.717, 1.165) is 0 Å². The Kier molecular flexibility index (Phi) is 9.61. The zero-order valence-electron chi connectivity index (χ0n) is 14.1. The van der Waals surface area contributed by atoms with Crippen LogP contribution in [0.3, 0.4) is 0 Å². The summed E-state index contributed by atoms with van der Waals surface area (Å²) in [6, 6.07) is -0.514. The smallest absolute Gasteiger partial charge is 0.312 e. The maximum Gasteiger partial charge on any atom is 0.312 e. The summed E-state index contributed by atoms with van der Waals surface area (Å²) in [5.41, 5.74) is -0.910. The second-order valence-electron chi connectivity index (χ2n) is 6.41. The molecule has 0 aliphatic carbocycles. The van der Waals surface area contributed by atoms with Crippen LogP contribution < -0.4 is 5.32 Å². The fourth-order valence-electron chi connectivity index (χ4n) is 1.81. The summed E-state index contributed by atoms with van der Waals surface area (Å²) in [6.45, 7) is 12.0. The lowest BCUT2D eigenvalue weighted by Gasteiger charge is -2.25. The molecule has 1 unspecified atom stereocenters. The molecule has 0 aliphatic heterocycles. The summed E-state index contributed by atoms with van der Waals surface area (Å²) >= 11 is 0. The largest absolute Gasteiger partial charge is 0.463 e. The van der Waals surface area contributed by atoms with Gasteiger partial charge in [0.05, 0.1) is 17.6 Å². The van der Waals surface area contributed by atoms with E-state index in [1.54, 1.807) is 27.7 Å². The maximum absolute atomic E-state index is 12.0. The predicted molar refractivity (Wildman–Crippen MR) is 87.5 cm³/mol. The Morgan fingerprint density at radius 2 is 1.57 bits per heavy atom. The molecule has 0 spiro atoms. The van der Waals surface area contributed by atoms with Crippen LogP contribution in [0.4, 0.5) is 0 Å². The van der Waals surface area contributed by atoms with Crippen LogP contribution in [0.15, 0.2) is 0 Å². The molecule has 1 atom stereocenters. The summed E-state index contributed by atoms with van der Waals surface area (Å²) in [4.78, 5) is 35.4. The lowest BCUT2D eigenvalue weighted by Crippen LogP contribution is -2.45. The molecule has 1 amide bonds. The number of Topliss-reactive ketones (excluding diaryl/α,β-unsaturated/α-hetero) is 1. The van der Waals surface area contributed by atoms with Crippen LogP contribution in [0.1, 0.15) is 54.9 Å². The average molecular weight is 319 g/mol. The van der Waals surface area contributed by atoms with Gasteiger partial charge in [0.25, 0.3) is 0 Å². The van der Waals surface area contributed by atoms with Gasteiger partial charge in [-0.2, -0.15) is 13.5 Å². The SMILES string of the molecule is CC(=O)C(NC(=O)CC(C)(C)C(=O)OC(C)C)C(C)C.S. The summed E-state index contributed by atoms with van der Waals surface area (Å²) < 4.78 is 5.13. The molecule has 124 valence electrons. The molecule has 0 saturated carbocycles. The number of carbonyl (C=O) groups excluding carboxylic acids is 3. The van der Waals surface area contributed by atoms with Gasteiger partial charge in [-0.15, -0.1) is 0 Å². The highest BCUT2D eigenvalue weighted by molar-refractivity contribution is 7.59. The van der Waals surface area contributed by atoms with Crippen LogP contribution >= 0.6 is 13.5 Å². The standard InChI is InChI=1S/C15H27NO4.H2S/c1-9(2)13(11(5)17)16-12(18)8-15(6,7)14(19)20-10(3)4;/h9-10,13H,8H2,1-7H3,(H,16,18);1H2. The van der Waals surface area contributed by atoms with Gasteiger partial charge in [0.1, 0.15) is 0 Å². The molecule has 21 heavy (non-hydrogen) atoms. The van der Waals surface area contributed by atoms with Crippen molar-refractivity contribution in [3.8, 4) is 0 Å². The topological polar surface area (TPSA) is 72.5 Å². The van der Waals surface area contributed by atoms with Gasteiger partial charge in [-0.05, 0) is 40.5 Å². The van der Waals surface area contributed by atoms with Crippen LogP contribution in [0, 0.1) is 11.3 Å². The normalized spacial score (nSPS) is 12.6. The number of hydrogen-bond acceptors (Lipinski definition) is 4. The first-order chi connectivity index (χ1) is 8.97. The van der Waals surface area contributed by atoms with E-state index in [1.165, 1.54) is 6.92 Å². The monoisotopic (exact) mass is 319 g/mol. The Labute approximate surface area is 134 Å². The molecule has 5 nitrogen and oxygen atoms in total. The van der Waals surface area contributed by atoms with Gasteiger partial charge >= 0.3 is 5.97 Å². The molecule has 1 N–H and O–H groups in total. The van der Waals surface area contributed by atoms with Crippen molar-refractivity contribution in [1.82, 2.24) is 5.32 Å². The number of ether oxygens (including phenoxy) is 1. The first kappa shape index (κ1) is 22.2. The van der Waals surface area contributed by atoms with E-state index in [4.69, 9.17) is 4.74 Å². The predicted octanol–water partition coefficient (Wildman–Crippen LogP) is 2.20. The Hall–Kier alpha value is -1.04. The minimum atomic E-state index is -0.910. The van der Waals surface area contributed by atoms with Gasteiger partial charge in [0.15, 0.2) is 5.78 Å². The molecular formula is C15H29NO4S. The lowest BCUT2D eigenvalue weighted by atomic mass is 9.88. The lowest BCUT2D eigenvalue weighted by molar-refractivity contribution is -0.159. The van der Waals surface area contributed by atoms with Crippen LogP contribution in [-0.2, 0) is 19.1 Å². The molecule has 0 heterocycles. The van der Waals surface area contributed by atoms with Crippen molar-refractivity contribution in [2.24, 2.45) is 11.3 Å². The van der Waals surface area contributed by atoms with Crippen molar-refractivity contribution in [2.75, 3.05) is 0 Å². The molecule has 0 fully saturated rings. The van der Waals surface area contributed by atoms with Gasteiger partial charge in [-0.25, -0.2) is 0 Å². The van der Waals surface area contributed by atoms with Crippen LogP contribution in [-0.4, -0.2) is 29.8 Å². The van der Waals surface area contributed by atoms with Crippen LogP contribution in [0.5, 0.6) is 0 Å². The second kappa shape index (κ2) is 9.07. The molecule has 0 aliphatic rings. The van der Waals surface area contributed by atoms with E-state index >= 15 is 0 Å². The highest BCUT2D eigenvalue weighted by atomic mass is 32.1. The van der Waals surface area contributed by atoms with E-state index in [9.17, 15) is 14.4 Å². The van der Waals surface area contributed by atoms with Crippen molar-refractivity contribution < 1.29 is 19.1 Å². The molecule has 0 aromatic heterocycles. The Morgan fingerprint density at radius 1 is 1.10 bits per heavy atom. The molecule has 0 saturated heterocycles. The molecule has 0 aromatic rings. The summed E-state index contributed by atoms with van der Waals surface area (Å²) in [5.74, 6) is -0.797. The summed E-state index contributed by atoms with van der Waals surface area (Å²) in [5, 5.41) is 2.68. The molecule has 0 radical (unpaired) electrons. The summed E-state index contributed by atoms with van der Waals surface area (Å²) in [7, 11) is 0. The number of esters is 1. The van der Waals surface area contributed by atoms with E-state index in [2.05, 4.69) is 5.32 Å². The van der Waals surface area contributed by atoms with Crippen LogP contribution in [0.2, 0.25) is 0 Å². The van der Waals surface area contributed by atoms with Gasteiger partial charge in [-0.3, -0.25) is 14.4 Å². The van der Waals surface area contributed by atoms with Crippen molar-refractivity contribution in [3.05, 3.63) is 0 Å². The highest BCUT2D eigenvalue weighted by Gasteiger charge is 2.34. The van der Waals surface area contributed by atoms with Crippen LogP contribution in [0.25, 0.3) is 0 Å². The number of amides is 1. The number of hydrogen-bond donors (Lipinski definition) is 1. The van der Waals surface area contributed by atoms with E-state index in [0.29, 0.717) is 0 Å². The zero-order chi connectivity index (χ0) is 16.1. The molecule has 0 aromatic carbocycles. The van der Waals surface area contributed by atoms with Gasteiger partial charge in [0, 0.05) is 6.42 Å². The fraction of sp³-hybridized carbons (Fsp3) is 0.800. The van der Waals surface area contributed by atoms with Crippen molar-refractivity contribution in [3.63, 3.8) is 0 Å². The minimum Gasteiger partial charge on any atom is -0.463 e. The third-order valence-electron chi connectivity index (χ3n) is 2.92. The Bertz CT molecular complexity index is 378. The van der Waals surface area contributed by atoms with E-state index in [1.807, 2.05) is 13.8 Å². The first-order valence-electron chi connectivity index (χ1n) is 6.98. The van der Waals surface area contributed by atoms with Gasteiger partial charge in [-0.1, -0.05) is 13.8 Å². The third-order valence-corrected chi connectivity index (χ3v) is 2.92. The first-order valence-corrected chi connectivity index (χ1v) is 6.98. The summed E-state index contributed by atoms with van der Waals surface area (Å²) in [6.07, 6.45) is -0.222. The minimum absolute atomic E-state index is 0. The average Bonchev–Trinajstić information content (AvgIpc) is 2.23. The molecule has 0 bridgehead atoms. The molecular weight excluding hydrogens is 290 g/mol. The van der Waals surface area contributed by atoms with Gasteiger partial charge in [0.2, 0.25) is 5.91 Å². The molecule has 6 heteroatoms. The third kappa shape index (κ3) is 8.09. The molecule has 0 rings (SSSR count). The van der Waals surface area contributed by atoms with Crippen molar-refractivity contribution >= 4 is 31.2 Å². The van der Waals surface area contributed by atoms with Gasteiger partial charge < -0.3 is 10.1 Å². The van der Waals surface area contributed by atoms with E-state index in [-0.39, 0.29) is 43.6 Å². The fourth-order valence-corrected chi connectivity index (χ4v) is 1.81. The van der Waals surface area contributed by atoms with Crippen molar-refractivity contribution in [1.29, 1.82) is 0 Å². The Morgan fingerprint density at radius 3 is 1.90 bits per heavy atom. The zero-order valence-corrected chi connectivity index (χ0v) is 15.1. The second-order valence-corrected chi connectivity index (χ2v) is 6.41. The number of rotatable bonds is 7. The maximum atomic E-state index is 12.0. The number of carbonyl (C=O) groups is 3. The number of nitrogens with one attached hydrogen (secondary N) is 1. The van der Waals surface area contributed by atoms with E-state index < -0.39 is 17.4 Å². The van der Waals surface area contributed by atoms with Crippen molar-refractivity contribution in [2.45, 2.75) is 67.0 Å².